The summed E-state index contributed by atoms with van der Waals surface area (Å²) in [5.41, 5.74) is 0.184. The normalized spacial score (nSPS) is 16.0. The van der Waals surface area contributed by atoms with Crippen molar-refractivity contribution in [3.63, 3.8) is 0 Å². The van der Waals surface area contributed by atoms with Gasteiger partial charge in [0.05, 0.1) is 5.92 Å². The molecule has 0 aliphatic carbocycles. The van der Waals surface area contributed by atoms with Gasteiger partial charge in [-0.05, 0) is 30.9 Å². The van der Waals surface area contributed by atoms with E-state index in [9.17, 15) is 18.4 Å². The number of likely N-dealkylation sites (tertiary alicyclic amines) is 1. The zero-order valence-corrected chi connectivity index (χ0v) is 11.5. The van der Waals surface area contributed by atoms with Crippen LogP contribution in [0.3, 0.4) is 0 Å². The molecule has 0 aromatic heterocycles. The van der Waals surface area contributed by atoms with E-state index in [1.807, 2.05) is 0 Å². The number of aliphatic carboxylic acids is 1. The van der Waals surface area contributed by atoms with Crippen molar-refractivity contribution >= 4 is 11.9 Å². The molecule has 1 aromatic carbocycles. The summed E-state index contributed by atoms with van der Waals surface area (Å²) >= 11 is 0. The lowest BCUT2D eigenvalue weighted by molar-refractivity contribution is -0.145. The molecule has 0 spiro atoms. The zero-order chi connectivity index (χ0) is 15.4. The highest BCUT2D eigenvalue weighted by atomic mass is 19.2. The molecule has 1 amide bonds. The Morgan fingerprint density at radius 3 is 2.52 bits per heavy atom. The molecule has 1 N–H and O–H groups in total. The molecule has 0 radical (unpaired) electrons. The van der Waals surface area contributed by atoms with Gasteiger partial charge in [0.25, 0.3) is 0 Å². The molecule has 0 atom stereocenters. The fourth-order valence-corrected chi connectivity index (χ4v) is 2.52. The maximum absolute atomic E-state index is 13.5. The number of hydrogen-bond acceptors (Lipinski definition) is 2. The van der Waals surface area contributed by atoms with E-state index in [1.54, 1.807) is 4.90 Å². The van der Waals surface area contributed by atoms with E-state index in [1.165, 1.54) is 12.1 Å². The fraction of sp³-hybridized carbons (Fsp3) is 0.467. The number of halogens is 2. The monoisotopic (exact) mass is 297 g/mol. The predicted octanol–water partition coefficient (Wildman–Crippen LogP) is 2.22. The molecule has 1 fully saturated rings. The predicted molar refractivity (Wildman–Crippen MR) is 71.6 cm³/mol. The van der Waals surface area contributed by atoms with Gasteiger partial charge in [-0.3, -0.25) is 9.59 Å². The number of carboxylic acid groups (broad SMARTS) is 1. The number of aryl methyl sites for hydroxylation is 1. The molecule has 1 aliphatic rings. The summed E-state index contributed by atoms with van der Waals surface area (Å²) < 4.78 is 26.5. The van der Waals surface area contributed by atoms with Crippen molar-refractivity contribution in [1.29, 1.82) is 0 Å². The van der Waals surface area contributed by atoms with Crippen LogP contribution in [-0.2, 0) is 16.0 Å². The van der Waals surface area contributed by atoms with Crippen LogP contribution in [0.15, 0.2) is 18.2 Å². The Morgan fingerprint density at radius 2 is 1.90 bits per heavy atom. The van der Waals surface area contributed by atoms with Crippen molar-refractivity contribution in [2.24, 2.45) is 5.92 Å². The standard InChI is InChI=1S/C15H17F2NO3/c16-12-3-1-2-10(14(12)17)4-5-13(19)18-8-6-11(7-9-18)15(20)21/h1-3,11H,4-9H2,(H,20,21). The van der Waals surface area contributed by atoms with Gasteiger partial charge in [0.15, 0.2) is 11.6 Å². The van der Waals surface area contributed by atoms with Gasteiger partial charge < -0.3 is 10.0 Å². The second-order valence-electron chi connectivity index (χ2n) is 5.21. The molecular formula is C15H17F2NO3. The minimum Gasteiger partial charge on any atom is -0.481 e. The van der Waals surface area contributed by atoms with Crippen LogP contribution in [0.4, 0.5) is 8.78 Å². The number of amides is 1. The molecule has 1 saturated heterocycles. The van der Waals surface area contributed by atoms with Gasteiger partial charge in [-0.1, -0.05) is 12.1 Å². The van der Waals surface area contributed by atoms with E-state index in [2.05, 4.69) is 0 Å². The summed E-state index contributed by atoms with van der Waals surface area (Å²) in [6, 6.07) is 3.91. The minimum atomic E-state index is -0.915. The average Bonchev–Trinajstić information content (AvgIpc) is 2.48. The minimum absolute atomic E-state index is 0.0953. The molecule has 4 nitrogen and oxygen atoms in total. The van der Waals surface area contributed by atoms with Crippen LogP contribution in [-0.4, -0.2) is 35.0 Å². The van der Waals surface area contributed by atoms with Crippen LogP contribution in [0.2, 0.25) is 0 Å². The summed E-state index contributed by atoms with van der Waals surface area (Å²) in [6.45, 7) is 0.808. The molecule has 6 heteroatoms. The van der Waals surface area contributed by atoms with Gasteiger partial charge >= 0.3 is 5.97 Å². The second-order valence-corrected chi connectivity index (χ2v) is 5.21. The van der Waals surface area contributed by atoms with Gasteiger partial charge in [0, 0.05) is 19.5 Å². The van der Waals surface area contributed by atoms with Crippen LogP contribution in [0.25, 0.3) is 0 Å². The quantitative estimate of drug-likeness (QED) is 0.927. The van der Waals surface area contributed by atoms with E-state index >= 15 is 0 Å². The molecular weight excluding hydrogens is 280 g/mol. The van der Waals surface area contributed by atoms with Gasteiger partial charge in [0.1, 0.15) is 0 Å². The number of carbonyl (C=O) groups excluding carboxylic acids is 1. The Morgan fingerprint density at radius 1 is 1.24 bits per heavy atom. The third-order valence-electron chi connectivity index (χ3n) is 3.84. The largest absolute Gasteiger partial charge is 0.481 e. The summed E-state index contributed by atoms with van der Waals surface area (Å²) in [4.78, 5) is 24.4. The van der Waals surface area contributed by atoms with E-state index < -0.39 is 23.5 Å². The first-order valence-electron chi connectivity index (χ1n) is 6.92. The number of nitrogens with zero attached hydrogens (tertiary/aromatic N) is 1. The van der Waals surface area contributed by atoms with E-state index in [0.29, 0.717) is 25.9 Å². The highest BCUT2D eigenvalue weighted by Gasteiger charge is 2.26. The molecule has 21 heavy (non-hydrogen) atoms. The lowest BCUT2D eigenvalue weighted by Crippen LogP contribution is -2.40. The third kappa shape index (κ3) is 3.77. The number of carbonyl (C=O) groups is 2. The molecule has 1 heterocycles. The van der Waals surface area contributed by atoms with E-state index in [4.69, 9.17) is 5.11 Å². The number of piperidine rings is 1. The first-order chi connectivity index (χ1) is 9.99. The number of carboxylic acids is 1. The lowest BCUT2D eigenvalue weighted by Gasteiger charge is -2.30. The van der Waals surface area contributed by atoms with Crippen LogP contribution in [0.1, 0.15) is 24.8 Å². The maximum atomic E-state index is 13.5. The van der Waals surface area contributed by atoms with Gasteiger partial charge in [-0.2, -0.15) is 0 Å². The van der Waals surface area contributed by atoms with Crippen molar-refractivity contribution in [1.82, 2.24) is 4.90 Å². The summed E-state index contributed by atoms with van der Waals surface area (Å²) in [5, 5.41) is 8.89. The van der Waals surface area contributed by atoms with Gasteiger partial charge in [-0.25, -0.2) is 8.78 Å². The van der Waals surface area contributed by atoms with Crippen LogP contribution in [0, 0.1) is 17.6 Å². The molecule has 0 unspecified atom stereocenters. The summed E-state index contributed by atoms with van der Waals surface area (Å²) in [6.07, 6.45) is 1.12. The first-order valence-corrected chi connectivity index (χ1v) is 6.92. The smallest absolute Gasteiger partial charge is 0.306 e. The van der Waals surface area contributed by atoms with Crippen molar-refractivity contribution in [2.45, 2.75) is 25.7 Å². The fourth-order valence-electron chi connectivity index (χ4n) is 2.52. The van der Waals surface area contributed by atoms with Crippen LogP contribution >= 0.6 is 0 Å². The van der Waals surface area contributed by atoms with Gasteiger partial charge in [0.2, 0.25) is 5.91 Å². The van der Waals surface area contributed by atoms with Gasteiger partial charge in [-0.15, -0.1) is 0 Å². The Hall–Kier alpha value is -1.98. The van der Waals surface area contributed by atoms with Crippen molar-refractivity contribution < 1.29 is 23.5 Å². The highest BCUT2D eigenvalue weighted by Crippen LogP contribution is 2.19. The number of benzene rings is 1. The lowest BCUT2D eigenvalue weighted by atomic mass is 9.96. The van der Waals surface area contributed by atoms with Crippen LogP contribution in [0.5, 0.6) is 0 Å². The second kappa shape index (κ2) is 6.65. The number of rotatable bonds is 4. The Labute approximate surface area is 121 Å². The molecule has 0 saturated carbocycles. The summed E-state index contributed by atoms with van der Waals surface area (Å²) in [5.74, 6) is -3.20. The highest BCUT2D eigenvalue weighted by molar-refractivity contribution is 5.77. The Bertz CT molecular complexity index is 540. The average molecular weight is 297 g/mol. The van der Waals surface area contributed by atoms with E-state index in [-0.39, 0.29) is 24.3 Å². The third-order valence-corrected chi connectivity index (χ3v) is 3.84. The molecule has 0 bridgehead atoms. The van der Waals surface area contributed by atoms with Crippen LogP contribution < -0.4 is 0 Å². The van der Waals surface area contributed by atoms with Crippen molar-refractivity contribution in [2.75, 3.05) is 13.1 Å². The molecule has 1 aliphatic heterocycles. The molecule has 114 valence electrons. The van der Waals surface area contributed by atoms with E-state index in [0.717, 1.165) is 6.07 Å². The first kappa shape index (κ1) is 15.4. The van der Waals surface area contributed by atoms with Crippen molar-refractivity contribution in [3.05, 3.63) is 35.4 Å². The number of hydrogen-bond donors (Lipinski definition) is 1. The molecule has 2 rings (SSSR count). The molecule has 1 aromatic rings. The van der Waals surface area contributed by atoms with Crippen molar-refractivity contribution in [3.8, 4) is 0 Å². The zero-order valence-electron chi connectivity index (χ0n) is 11.5. The Kier molecular flexibility index (Phi) is 4.88. The maximum Gasteiger partial charge on any atom is 0.306 e. The Balaban J connectivity index is 1.85. The summed E-state index contributed by atoms with van der Waals surface area (Å²) in [7, 11) is 0. The SMILES string of the molecule is O=C(O)C1CCN(C(=O)CCc2cccc(F)c2F)CC1. The topological polar surface area (TPSA) is 57.6 Å².